The standard InChI is InChI=1S/C42H41Cl3N6O/c1-27(28-12-14-30(43)15-13-28)51-26-46-39(29-8-4-2-5-9-29)41(51)38-34-18-16-31(44)24-35(34)47-40(38)42(52)48-36-25-32(45)17-19-37(36)50-22-20-49(21-23-50)33-10-6-3-7-11-33/h2,4-5,8-9,12-19,24-27,33,47H,3,6-7,10-11,20-23H2,1H3,(H,48,52). The molecule has 7 nitrogen and oxygen atoms in total. The number of nitrogens with zero attached hydrogens (tertiary/aromatic N) is 4. The van der Waals surface area contributed by atoms with Crippen molar-refractivity contribution in [2.75, 3.05) is 36.4 Å². The summed E-state index contributed by atoms with van der Waals surface area (Å²) < 4.78 is 2.14. The first kappa shape index (κ1) is 34.8. The van der Waals surface area contributed by atoms with Crippen LogP contribution in [0.15, 0.2) is 97.3 Å². The van der Waals surface area contributed by atoms with Gasteiger partial charge in [0.2, 0.25) is 0 Å². The number of nitrogens with one attached hydrogen (secondary N) is 2. The maximum absolute atomic E-state index is 14.7. The van der Waals surface area contributed by atoms with Crippen LogP contribution in [0.1, 0.15) is 61.1 Å². The second-order valence-corrected chi connectivity index (χ2v) is 15.2. The molecular weight excluding hydrogens is 711 g/mol. The number of aromatic nitrogens is 3. The van der Waals surface area contributed by atoms with E-state index in [0.29, 0.717) is 32.5 Å². The van der Waals surface area contributed by atoms with Crippen molar-refractivity contribution in [3.8, 4) is 22.5 Å². The average molecular weight is 752 g/mol. The monoisotopic (exact) mass is 750 g/mol. The molecule has 3 heterocycles. The molecular formula is C42H41Cl3N6O. The fourth-order valence-electron chi connectivity index (χ4n) is 8.04. The molecule has 2 N–H and O–H groups in total. The van der Waals surface area contributed by atoms with Crippen molar-refractivity contribution < 1.29 is 4.79 Å². The third kappa shape index (κ3) is 6.95. The van der Waals surface area contributed by atoms with Gasteiger partial charge in [0.25, 0.3) is 5.91 Å². The van der Waals surface area contributed by atoms with Crippen molar-refractivity contribution in [3.05, 3.63) is 124 Å². The predicted octanol–water partition coefficient (Wildman–Crippen LogP) is 11.0. The Morgan fingerprint density at radius 3 is 2.27 bits per heavy atom. The lowest BCUT2D eigenvalue weighted by atomic mass is 9.94. The highest BCUT2D eigenvalue weighted by Gasteiger charge is 2.30. The van der Waals surface area contributed by atoms with E-state index in [1.54, 1.807) is 0 Å². The van der Waals surface area contributed by atoms with Crippen molar-refractivity contribution in [1.82, 2.24) is 19.4 Å². The van der Waals surface area contributed by atoms with E-state index in [2.05, 4.69) is 31.6 Å². The van der Waals surface area contributed by atoms with Crippen molar-refractivity contribution in [2.45, 2.75) is 51.1 Å². The maximum atomic E-state index is 14.7. The van der Waals surface area contributed by atoms with E-state index in [9.17, 15) is 4.79 Å². The Morgan fingerprint density at radius 2 is 1.52 bits per heavy atom. The molecule has 266 valence electrons. The molecule has 10 heteroatoms. The third-order valence-electron chi connectivity index (χ3n) is 10.8. The molecule has 1 aliphatic heterocycles. The summed E-state index contributed by atoms with van der Waals surface area (Å²) in [5.74, 6) is -0.280. The number of piperazine rings is 1. The number of amides is 1. The zero-order valence-corrected chi connectivity index (χ0v) is 31.4. The van der Waals surface area contributed by atoms with Crippen molar-refractivity contribution >= 4 is 63.0 Å². The Bertz CT molecular complexity index is 2200. The lowest BCUT2D eigenvalue weighted by Crippen LogP contribution is -2.51. The minimum Gasteiger partial charge on any atom is -0.367 e. The van der Waals surface area contributed by atoms with Crippen LogP contribution in [0.3, 0.4) is 0 Å². The first-order chi connectivity index (χ1) is 25.3. The molecule has 2 fully saturated rings. The van der Waals surface area contributed by atoms with Crippen LogP contribution in [0.2, 0.25) is 15.1 Å². The molecule has 1 amide bonds. The van der Waals surface area contributed by atoms with Gasteiger partial charge >= 0.3 is 0 Å². The van der Waals surface area contributed by atoms with Gasteiger partial charge in [-0.15, -0.1) is 0 Å². The zero-order chi connectivity index (χ0) is 35.8. The highest BCUT2D eigenvalue weighted by atomic mass is 35.5. The topological polar surface area (TPSA) is 69.2 Å². The third-order valence-corrected chi connectivity index (χ3v) is 11.5. The molecule has 1 atom stereocenters. The van der Waals surface area contributed by atoms with Gasteiger partial charge in [0, 0.05) is 69.3 Å². The fraction of sp³-hybridized carbons (Fsp3) is 0.286. The van der Waals surface area contributed by atoms with Gasteiger partial charge in [-0.05, 0) is 67.8 Å². The normalized spacial score (nSPS) is 16.3. The molecule has 1 saturated carbocycles. The minimum absolute atomic E-state index is 0.128. The van der Waals surface area contributed by atoms with Gasteiger partial charge < -0.3 is 19.8 Å². The molecule has 52 heavy (non-hydrogen) atoms. The van der Waals surface area contributed by atoms with Crippen LogP contribution in [-0.2, 0) is 0 Å². The van der Waals surface area contributed by atoms with E-state index in [1.807, 2.05) is 97.3 Å². The molecule has 1 saturated heterocycles. The molecule has 6 aromatic rings. The molecule has 1 aliphatic carbocycles. The van der Waals surface area contributed by atoms with Crippen LogP contribution in [0.25, 0.3) is 33.4 Å². The first-order valence-electron chi connectivity index (χ1n) is 18.1. The van der Waals surface area contributed by atoms with Crippen LogP contribution in [-0.4, -0.2) is 57.6 Å². The summed E-state index contributed by atoms with van der Waals surface area (Å²) in [6.45, 7) is 5.91. The number of anilines is 2. The van der Waals surface area contributed by atoms with E-state index in [4.69, 9.17) is 39.8 Å². The van der Waals surface area contributed by atoms with Gasteiger partial charge in [-0.2, -0.15) is 0 Å². The number of benzene rings is 4. The Balaban J connectivity index is 1.20. The van der Waals surface area contributed by atoms with Crippen LogP contribution in [0, 0.1) is 0 Å². The number of H-pyrrole nitrogens is 1. The minimum atomic E-state index is -0.280. The highest BCUT2D eigenvalue weighted by molar-refractivity contribution is 6.32. The van der Waals surface area contributed by atoms with Crippen LogP contribution in [0.5, 0.6) is 0 Å². The van der Waals surface area contributed by atoms with Gasteiger partial charge in [-0.25, -0.2) is 4.98 Å². The van der Waals surface area contributed by atoms with E-state index in [1.165, 1.54) is 32.1 Å². The summed E-state index contributed by atoms with van der Waals surface area (Å²) in [6, 6.07) is 29.9. The summed E-state index contributed by atoms with van der Waals surface area (Å²) in [5.41, 5.74) is 7.14. The molecule has 2 aliphatic rings. The summed E-state index contributed by atoms with van der Waals surface area (Å²) in [5, 5.41) is 5.94. The number of aromatic amines is 1. The largest absolute Gasteiger partial charge is 0.367 e. The Morgan fingerprint density at radius 1 is 0.827 bits per heavy atom. The number of halogens is 3. The molecule has 1 unspecified atom stereocenters. The second-order valence-electron chi connectivity index (χ2n) is 13.9. The number of fused-ring (bicyclic) bond motifs is 1. The molecule has 2 aromatic heterocycles. The average Bonchev–Trinajstić information content (AvgIpc) is 3.77. The van der Waals surface area contributed by atoms with Crippen LogP contribution < -0.4 is 10.2 Å². The summed E-state index contributed by atoms with van der Waals surface area (Å²) >= 11 is 19.4. The van der Waals surface area contributed by atoms with Gasteiger partial charge in [-0.1, -0.05) is 103 Å². The molecule has 4 aromatic carbocycles. The molecule has 0 bridgehead atoms. The smallest absolute Gasteiger partial charge is 0.272 e. The number of rotatable bonds is 8. The van der Waals surface area contributed by atoms with Crippen LogP contribution in [0.4, 0.5) is 11.4 Å². The van der Waals surface area contributed by atoms with E-state index >= 15 is 0 Å². The maximum Gasteiger partial charge on any atom is 0.272 e. The number of hydrogen-bond acceptors (Lipinski definition) is 4. The number of imidazole rings is 1. The number of carbonyl (C=O) groups excluding carboxylic acids is 1. The lowest BCUT2D eigenvalue weighted by Gasteiger charge is -2.42. The predicted molar refractivity (Wildman–Crippen MR) is 215 cm³/mol. The van der Waals surface area contributed by atoms with Gasteiger partial charge in [0.1, 0.15) is 5.69 Å². The van der Waals surface area contributed by atoms with Crippen molar-refractivity contribution in [2.24, 2.45) is 0 Å². The van der Waals surface area contributed by atoms with E-state index in [0.717, 1.165) is 70.8 Å². The zero-order valence-electron chi connectivity index (χ0n) is 29.1. The molecule has 8 rings (SSSR count). The van der Waals surface area contributed by atoms with Crippen LogP contribution >= 0.6 is 34.8 Å². The molecule has 0 spiro atoms. The van der Waals surface area contributed by atoms with Crippen molar-refractivity contribution in [3.63, 3.8) is 0 Å². The Hall–Kier alpha value is -4.27. The Labute approximate surface area is 319 Å². The first-order valence-corrected chi connectivity index (χ1v) is 19.3. The summed E-state index contributed by atoms with van der Waals surface area (Å²) in [7, 11) is 0. The quantitative estimate of drug-likeness (QED) is 0.162. The van der Waals surface area contributed by atoms with E-state index < -0.39 is 0 Å². The Kier molecular flexibility index (Phi) is 10.0. The summed E-state index contributed by atoms with van der Waals surface area (Å²) in [4.78, 5) is 28.2. The fourth-order valence-corrected chi connectivity index (χ4v) is 8.51. The van der Waals surface area contributed by atoms with Gasteiger partial charge in [0.05, 0.1) is 35.1 Å². The number of carbonyl (C=O) groups is 1. The SMILES string of the molecule is CC(c1ccc(Cl)cc1)n1cnc(-c2ccccc2)c1-c1c(C(=O)Nc2cc(Cl)ccc2N2CCN(C3CCCCC3)CC2)[nH]c2cc(Cl)ccc12. The van der Waals surface area contributed by atoms with Gasteiger partial charge in [0.15, 0.2) is 0 Å². The molecule has 0 radical (unpaired) electrons. The lowest BCUT2D eigenvalue weighted by molar-refractivity contribution is 0.102. The van der Waals surface area contributed by atoms with Crippen molar-refractivity contribution in [1.29, 1.82) is 0 Å². The van der Waals surface area contributed by atoms with Gasteiger partial charge in [-0.3, -0.25) is 9.69 Å². The second kappa shape index (κ2) is 15.0. The number of hydrogen-bond donors (Lipinski definition) is 2. The van der Waals surface area contributed by atoms with E-state index in [-0.39, 0.29) is 11.9 Å². The highest BCUT2D eigenvalue weighted by Crippen LogP contribution is 2.42. The summed E-state index contributed by atoms with van der Waals surface area (Å²) in [6.07, 6.45) is 8.46.